The average Bonchev–Trinajstić information content (AvgIpc) is 3.11. The van der Waals surface area contributed by atoms with Gasteiger partial charge in [0, 0.05) is 38.9 Å². The highest BCUT2D eigenvalue weighted by molar-refractivity contribution is 7.89. The first-order valence-corrected chi connectivity index (χ1v) is 10.7. The lowest BCUT2D eigenvalue weighted by Gasteiger charge is -2.34. The molecule has 1 aliphatic rings. The molecule has 0 bridgehead atoms. The average molecular weight is 401 g/mol. The number of pyridine rings is 1. The number of aromatic nitrogens is 2. The zero-order valence-electron chi connectivity index (χ0n) is 16.1. The number of nitrogens with zero attached hydrogens (tertiary/aromatic N) is 4. The molecule has 1 aliphatic heterocycles. The molecule has 7 nitrogen and oxygen atoms in total. The fourth-order valence-electron chi connectivity index (χ4n) is 3.58. The molecule has 0 radical (unpaired) electrons. The van der Waals surface area contributed by atoms with E-state index in [0.717, 1.165) is 23.4 Å². The summed E-state index contributed by atoms with van der Waals surface area (Å²) in [5, 5.41) is 0. The lowest BCUT2D eigenvalue weighted by Crippen LogP contribution is -2.48. The molecule has 0 amide bonds. The van der Waals surface area contributed by atoms with Crippen molar-refractivity contribution in [2.45, 2.75) is 18.4 Å². The molecule has 148 valence electrons. The number of hydrogen-bond donors (Lipinski definition) is 0. The minimum atomic E-state index is -3.58. The van der Waals surface area contributed by atoms with Gasteiger partial charge in [0.25, 0.3) is 0 Å². The summed E-state index contributed by atoms with van der Waals surface area (Å²) in [7, 11) is -2.09. The highest BCUT2D eigenvalue weighted by Crippen LogP contribution is 2.28. The number of ether oxygens (including phenoxy) is 1. The van der Waals surface area contributed by atoms with E-state index in [2.05, 4.69) is 14.3 Å². The van der Waals surface area contributed by atoms with Gasteiger partial charge in [0.05, 0.1) is 19.0 Å². The molecule has 3 heterocycles. The summed E-state index contributed by atoms with van der Waals surface area (Å²) in [6, 6.07) is 11.2. The van der Waals surface area contributed by atoms with Gasteiger partial charge in [0.1, 0.15) is 16.3 Å². The van der Waals surface area contributed by atoms with Gasteiger partial charge >= 0.3 is 0 Å². The molecule has 0 N–H and O–H groups in total. The summed E-state index contributed by atoms with van der Waals surface area (Å²) >= 11 is 0. The SMILES string of the molecule is COc1ccc(C)cc1S(=O)(=O)N1CCN(Cc2cnc3ccccn23)CC1. The van der Waals surface area contributed by atoms with Crippen LogP contribution in [0.4, 0.5) is 0 Å². The Balaban J connectivity index is 1.47. The van der Waals surface area contributed by atoms with E-state index in [1.54, 1.807) is 16.4 Å². The third kappa shape index (κ3) is 3.50. The Morgan fingerprint density at radius 1 is 1.11 bits per heavy atom. The van der Waals surface area contributed by atoms with Gasteiger partial charge < -0.3 is 9.14 Å². The van der Waals surface area contributed by atoms with Crippen LogP contribution in [0, 0.1) is 6.92 Å². The van der Waals surface area contributed by atoms with Crippen LogP contribution in [0.3, 0.4) is 0 Å². The molecular weight excluding hydrogens is 376 g/mol. The molecule has 0 unspecified atom stereocenters. The Kier molecular flexibility index (Phi) is 5.09. The zero-order valence-corrected chi connectivity index (χ0v) is 16.9. The quantitative estimate of drug-likeness (QED) is 0.657. The summed E-state index contributed by atoms with van der Waals surface area (Å²) in [6.07, 6.45) is 3.89. The second kappa shape index (κ2) is 7.54. The van der Waals surface area contributed by atoms with E-state index >= 15 is 0 Å². The van der Waals surface area contributed by atoms with E-state index in [9.17, 15) is 8.42 Å². The molecule has 2 aromatic heterocycles. The van der Waals surface area contributed by atoms with E-state index < -0.39 is 10.0 Å². The molecule has 3 aromatic rings. The molecule has 0 aliphatic carbocycles. The van der Waals surface area contributed by atoms with Crippen molar-refractivity contribution in [2.24, 2.45) is 0 Å². The van der Waals surface area contributed by atoms with Crippen molar-refractivity contribution in [3.8, 4) is 5.75 Å². The van der Waals surface area contributed by atoms with E-state index in [1.165, 1.54) is 7.11 Å². The third-order valence-electron chi connectivity index (χ3n) is 5.15. The molecule has 1 fully saturated rings. The lowest BCUT2D eigenvalue weighted by molar-refractivity contribution is 0.179. The molecule has 0 atom stereocenters. The Hall–Kier alpha value is -2.42. The second-order valence-electron chi connectivity index (χ2n) is 7.01. The molecule has 1 saturated heterocycles. The predicted octanol–water partition coefficient (Wildman–Crippen LogP) is 2.16. The van der Waals surface area contributed by atoms with E-state index in [4.69, 9.17) is 4.74 Å². The van der Waals surface area contributed by atoms with Crippen LogP contribution in [0.15, 0.2) is 53.7 Å². The second-order valence-corrected chi connectivity index (χ2v) is 8.92. The zero-order chi connectivity index (χ0) is 19.7. The van der Waals surface area contributed by atoms with Gasteiger partial charge in [-0.05, 0) is 36.8 Å². The molecular formula is C20H24N4O3S. The van der Waals surface area contributed by atoms with Gasteiger partial charge in [0.2, 0.25) is 10.0 Å². The van der Waals surface area contributed by atoms with Crippen LogP contribution in [0.25, 0.3) is 5.65 Å². The minimum absolute atomic E-state index is 0.241. The number of rotatable bonds is 5. The Morgan fingerprint density at radius 3 is 2.64 bits per heavy atom. The summed E-state index contributed by atoms with van der Waals surface area (Å²) in [4.78, 5) is 6.92. The van der Waals surface area contributed by atoms with Crippen LogP contribution in [-0.4, -0.2) is 60.3 Å². The smallest absolute Gasteiger partial charge is 0.246 e. The van der Waals surface area contributed by atoms with Crippen molar-refractivity contribution < 1.29 is 13.2 Å². The van der Waals surface area contributed by atoms with Crippen molar-refractivity contribution in [3.05, 3.63) is 60.0 Å². The van der Waals surface area contributed by atoms with Gasteiger partial charge in [-0.15, -0.1) is 0 Å². The number of methoxy groups -OCH3 is 1. The largest absolute Gasteiger partial charge is 0.495 e. The molecule has 28 heavy (non-hydrogen) atoms. The molecule has 4 rings (SSSR count). The minimum Gasteiger partial charge on any atom is -0.495 e. The van der Waals surface area contributed by atoms with Gasteiger partial charge in [-0.25, -0.2) is 13.4 Å². The molecule has 0 saturated carbocycles. The van der Waals surface area contributed by atoms with E-state index in [0.29, 0.717) is 31.9 Å². The van der Waals surface area contributed by atoms with Crippen LogP contribution >= 0.6 is 0 Å². The first-order valence-electron chi connectivity index (χ1n) is 9.27. The van der Waals surface area contributed by atoms with Gasteiger partial charge in [-0.3, -0.25) is 4.90 Å². The number of piperazine rings is 1. The summed E-state index contributed by atoms with van der Waals surface area (Å²) in [6.45, 7) is 4.88. The fourth-order valence-corrected chi connectivity index (χ4v) is 5.25. The summed E-state index contributed by atoms with van der Waals surface area (Å²) < 4.78 is 35.2. The topological polar surface area (TPSA) is 67.2 Å². The Bertz CT molecular complexity index is 1090. The number of sulfonamides is 1. The third-order valence-corrected chi connectivity index (χ3v) is 7.07. The summed E-state index contributed by atoms with van der Waals surface area (Å²) in [5.41, 5.74) is 2.92. The first kappa shape index (κ1) is 18.9. The number of hydrogen-bond acceptors (Lipinski definition) is 5. The van der Waals surface area contributed by atoms with Crippen LogP contribution < -0.4 is 4.74 Å². The van der Waals surface area contributed by atoms with Crippen LogP contribution in [0.5, 0.6) is 5.75 Å². The lowest BCUT2D eigenvalue weighted by atomic mass is 10.2. The monoisotopic (exact) mass is 400 g/mol. The van der Waals surface area contributed by atoms with Gasteiger partial charge in [-0.2, -0.15) is 4.31 Å². The van der Waals surface area contributed by atoms with Crippen molar-refractivity contribution >= 4 is 15.7 Å². The number of imidazole rings is 1. The Labute approximate surface area is 165 Å². The highest BCUT2D eigenvalue weighted by atomic mass is 32.2. The first-order chi connectivity index (χ1) is 13.5. The van der Waals surface area contributed by atoms with Crippen molar-refractivity contribution in [2.75, 3.05) is 33.3 Å². The van der Waals surface area contributed by atoms with E-state index in [1.807, 2.05) is 43.6 Å². The number of fused-ring (bicyclic) bond motifs is 1. The maximum Gasteiger partial charge on any atom is 0.246 e. The standard InChI is InChI=1S/C20H24N4O3S/c1-16-6-7-18(27-2)19(13-16)28(25,26)23-11-9-22(10-12-23)15-17-14-21-20-5-3-4-8-24(17)20/h3-8,13-14H,9-12,15H2,1-2H3. The van der Waals surface area contributed by atoms with Gasteiger partial charge in [-0.1, -0.05) is 12.1 Å². The van der Waals surface area contributed by atoms with Crippen LogP contribution in [-0.2, 0) is 16.6 Å². The number of aryl methyl sites for hydroxylation is 1. The van der Waals surface area contributed by atoms with E-state index in [-0.39, 0.29) is 4.90 Å². The number of benzene rings is 1. The van der Waals surface area contributed by atoms with Crippen LogP contribution in [0.1, 0.15) is 11.3 Å². The van der Waals surface area contributed by atoms with Gasteiger partial charge in [0.15, 0.2) is 0 Å². The van der Waals surface area contributed by atoms with Crippen LogP contribution in [0.2, 0.25) is 0 Å². The predicted molar refractivity (Wildman–Crippen MR) is 107 cm³/mol. The molecule has 0 spiro atoms. The normalized spacial score (nSPS) is 16.5. The van der Waals surface area contributed by atoms with Crippen molar-refractivity contribution in [1.29, 1.82) is 0 Å². The summed E-state index contributed by atoms with van der Waals surface area (Å²) in [5.74, 6) is 0.388. The van der Waals surface area contributed by atoms with Crippen molar-refractivity contribution in [3.63, 3.8) is 0 Å². The fraction of sp³-hybridized carbons (Fsp3) is 0.350. The van der Waals surface area contributed by atoms with Crippen molar-refractivity contribution in [1.82, 2.24) is 18.6 Å². The highest BCUT2D eigenvalue weighted by Gasteiger charge is 2.31. The molecule has 8 heteroatoms. The maximum absolute atomic E-state index is 13.1. The maximum atomic E-state index is 13.1. The Morgan fingerprint density at radius 2 is 1.89 bits per heavy atom. The molecule has 1 aromatic carbocycles.